The number of rotatable bonds is 9. The monoisotopic (exact) mass is 610 g/mol. The lowest BCUT2D eigenvalue weighted by Crippen LogP contribution is -2.49. The van der Waals surface area contributed by atoms with Crippen LogP contribution in [-0.4, -0.2) is 60.4 Å². The molecule has 1 amide bonds. The van der Waals surface area contributed by atoms with Gasteiger partial charge in [0.05, 0.1) is 36.6 Å². The number of nitriles is 1. The highest BCUT2D eigenvalue weighted by Gasteiger charge is 2.41. The van der Waals surface area contributed by atoms with Crippen LogP contribution in [0.5, 0.6) is 0 Å². The van der Waals surface area contributed by atoms with E-state index in [1.165, 1.54) is 6.20 Å². The average Bonchev–Trinajstić information content (AvgIpc) is 3.64. The summed E-state index contributed by atoms with van der Waals surface area (Å²) in [7, 11) is 0. The first-order valence-corrected chi connectivity index (χ1v) is 14.8. The maximum atomic E-state index is 13.2. The second-order valence-electron chi connectivity index (χ2n) is 12.1. The van der Waals surface area contributed by atoms with E-state index in [-0.39, 0.29) is 18.1 Å². The van der Waals surface area contributed by atoms with E-state index in [4.69, 9.17) is 15.6 Å². The van der Waals surface area contributed by atoms with Gasteiger partial charge in [0, 0.05) is 43.6 Å². The number of piperidine rings is 1. The molecule has 4 N–H and O–H groups in total. The van der Waals surface area contributed by atoms with E-state index in [1.807, 2.05) is 49.8 Å². The Morgan fingerprint density at radius 1 is 1.27 bits per heavy atom. The number of amides is 1. The molecule has 0 saturated carbocycles. The number of hydrogen-bond donors (Lipinski definition) is 3. The number of pyridine rings is 1. The van der Waals surface area contributed by atoms with Gasteiger partial charge in [0.15, 0.2) is 5.82 Å². The van der Waals surface area contributed by atoms with Gasteiger partial charge in [-0.15, -0.1) is 0 Å². The fourth-order valence-electron chi connectivity index (χ4n) is 5.57. The number of hydrogen-bond acceptors (Lipinski definition) is 9. The number of aromatic nitrogens is 5. The minimum atomic E-state index is -0.725. The number of benzene rings is 1. The number of aromatic amines is 1. The summed E-state index contributed by atoms with van der Waals surface area (Å²) in [6.07, 6.45) is 10.7. The maximum Gasteiger partial charge on any atom is 0.410 e. The SMILES string of the molecule is CC(C)(C)OC(=O)N1CCC(CC#N)(n2nc(Nc3cc(CN=CC=CN)cc(Cn4cccn4)c3)c3c(=O)[nH]ccc32)CC1. The Morgan fingerprint density at radius 3 is 2.73 bits per heavy atom. The quantitative estimate of drug-likeness (QED) is 0.234. The third kappa shape index (κ3) is 7.23. The van der Waals surface area contributed by atoms with Crippen molar-refractivity contribution in [3.8, 4) is 6.07 Å². The number of likely N-dealkylation sites (tertiary alicyclic amines) is 1. The summed E-state index contributed by atoms with van der Waals surface area (Å²) < 4.78 is 9.20. The van der Waals surface area contributed by atoms with Crippen LogP contribution in [0.2, 0.25) is 0 Å². The highest BCUT2D eigenvalue weighted by Crippen LogP contribution is 2.38. The summed E-state index contributed by atoms with van der Waals surface area (Å²) in [4.78, 5) is 34.9. The molecule has 5 rings (SSSR count). The van der Waals surface area contributed by atoms with Crippen LogP contribution in [0, 0.1) is 11.3 Å². The van der Waals surface area contributed by atoms with Crippen LogP contribution < -0.4 is 16.6 Å². The number of nitrogens with one attached hydrogen (secondary N) is 2. The van der Waals surface area contributed by atoms with Gasteiger partial charge in [-0.2, -0.15) is 15.5 Å². The zero-order chi connectivity index (χ0) is 32.0. The number of allylic oxidation sites excluding steroid dienone is 1. The van der Waals surface area contributed by atoms with Crippen molar-refractivity contribution in [1.82, 2.24) is 29.4 Å². The molecule has 1 aliphatic heterocycles. The number of fused-ring (bicyclic) bond motifs is 1. The Labute approximate surface area is 261 Å². The summed E-state index contributed by atoms with van der Waals surface area (Å²) in [6.45, 7) is 7.24. The number of H-pyrrole nitrogens is 1. The number of nitrogens with two attached hydrogens (primary N) is 1. The molecule has 0 bridgehead atoms. The average molecular weight is 611 g/mol. The van der Waals surface area contributed by atoms with Crippen LogP contribution in [0.25, 0.3) is 10.9 Å². The van der Waals surface area contributed by atoms with Crippen molar-refractivity contribution in [3.05, 3.63) is 82.7 Å². The number of carbonyl (C=O) groups is 1. The molecular weight excluding hydrogens is 572 g/mol. The lowest BCUT2D eigenvalue weighted by molar-refractivity contribution is 0.0110. The van der Waals surface area contributed by atoms with Gasteiger partial charge in [0.2, 0.25) is 0 Å². The minimum absolute atomic E-state index is 0.164. The normalized spacial score (nSPS) is 15.1. The third-order valence-electron chi connectivity index (χ3n) is 7.60. The molecule has 0 aliphatic carbocycles. The molecule has 3 aromatic heterocycles. The number of ether oxygens (including phenoxy) is 1. The van der Waals surface area contributed by atoms with Crippen molar-refractivity contribution in [2.45, 2.75) is 64.3 Å². The Balaban J connectivity index is 1.50. The molecule has 1 aromatic carbocycles. The van der Waals surface area contributed by atoms with E-state index in [0.29, 0.717) is 55.7 Å². The maximum absolute atomic E-state index is 13.2. The van der Waals surface area contributed by atoms with E-state index >= 15 is 0 Å². The van der Waals surface area contributed by atoms with Gasteiger partial charge in [-0.05, 0) is 81.3 Å². The van der Waals surface area contributed by atoms with Gasteiger partial charge in [-0.3, -0.25) is 19.2 Å². The van der Waals surface area contributed by atoms with Gasteiger partial charge in [0.25, 0.3) is 5.56 Å². The number of nitrogens with zero attached hydrogens (tertiary/aromatic N) is 7. The van der Waals surface area contributed by atoms with Crippen molar-refractivity contribution < 1.29 is 9.53 Å². The number of anilines is 2. The fourth-order valence-corrected chi connectivity index (χ4v) is 5.57. The number of aliphatic imine (C=N–C) groups is 1. The lowest BCUT2D eigenvalue weighted by atomic mass is 9.85. The van der Waals surface area contributed by atoms with E-state index in [0.717, 1.165) is 16.8 Å². The van der Waals surface area contributed by atoms with Crippen LogP contribution in [0.1, 0.15) is 51.2 Å². The second-order valence-corrected chi connectivity index (χ2v) is 12.1. The molecule has 1 saturated heterocycles. The van der Waals surface area contributed by atoms with Crippen LogP contribution in [-0.2, 0) is 23.4 Å². The first-order valence-electron chi connectivity index (χ1n) is 14.8. The molecular formula is C32H38N10O3. The Morgan fingerprint density at radius 2 is 2.04 bits per heavy atom. The van der Waals surface area contributed by atoms with Crippen LogP contribution >= 0.6 is 0 Å². The van der Waals surface area contributed by atoms with Gasteiger partial charge in [0.1, 0.15) is 11.0 Å². The summed E-state index contributed by atoms with van der Waals surface area (Å²) in [6, 6.07) is 12.0. The predicted molar refractivity (Wildman–Crippen MR) is 172 cm³/mol. The molecule has 13 nitrogen and oxygen atoms in total. The molecule has 0 spiro atoms. The molecule has 45 heavy (non-hydrogen) atoms. The highest BCUT2D eigenvalue weighted by atomic mass is 16.6. The molecule has 1 fully saturated rings. The zero-order valence-corrected chi connectivity index (χ0v) is 25.7. The van der Waals surface area contributed by atoms with Gasteiger partial charge < -0.3 is 25.7 Å². The molecule has 1 aliphatic rings. The fraction of sp³-hybridized carbons (Fsp3) is 0.375. The van der Waals surface area contributed by atoms with Gasteiger partial charge >= 0.3 is 6.09 Å². The van der Waals surface area contributed by atoms with Crippen molar-refractivity contribution in [2.75, 3.05) is 18.4 Å². The highest BCUT2D eigenvalue weighted by molar-refractivity contribution is 5.91. The molecule has 13 heteroatoms. The van der Waals surface area contributed by atoms with Crippen molar-refractivity contribution in [2.24, 2.45) is 10.7 Å². The van der Waals surface area contributed by atoms with E-state index in [1.54, 1.807) is 40.3 Å². The van der Waals surface area contributed by atoms with Crippen molar-refractivity contribution >= 4 is 34.7 Å². The van der Waals surface area contributed by atoms with Crippen LogP contribution in [0.3, 0.4) is 0 Å². The molecule has 0 atom stereocenters. The third-order valence-corrected chi connectivity index (χ3v) is 7.60. The topological polar surface area (TPSA) is 172 Å². The smallest absolute Gasteiger partial charge is 0.410 e. The predicted octanol–water partition coefficient (Wildman–Crippen LogP) is 4.40. The lowest BCUT2D eigenvalue weighted by Gasteiger charge is -2.41. The van der Waals surface area contributed by atoms with E-state index < -0.39 is 11.1 Å². The second kappa shape index (κ2) is 13.1. The van der Waals surface area contributed by atoms with Gasteiger partial charge in [-0.1, -0.05) is 6.07 Å². The molecule has 234 valence electrons. The molecule has 4 heterocycles. The molecule has 0 radical (unpaired) electrons. The first kappa shape index (κ1) is 31.1. The Bertz CT molecular complexity index is 1800. The molecule has 0 unspecified atom stereocenters. The number of carbonyl (C=O) groups excluding carboxylic acids is 1. The van der Waals surface area contributed by atoms with Crippen molar-refractivity contribution in [1.29, 1.82) is 5.26 Å². The summed E-state index contributed by atoms with van der Waals surface area (Å²) in [5.41, 5.74) is 7.05. The first-order chi connectivity index (χ1) is 21.6. The summed E-state index contributed by atoms with van der Waals surface area (Å²) in [5.74, 6) is 0.371. The standard InChI is InChI=1S/C32H38N10O3/c1-31(2,3)45-30(44)40-16-8-32(7-11-34,9-17-40)42-26-6-14-36-29(43)27(26)28(39-42)38-25-19-23(21-35-12-4-10-33)18-24(20-25)22-41-15-5-13-37-41/h4-6,10,12-15,18-20H,7-9,16-17,21-22,33H2,1-3H3,(H,36,43)(H,38,39). The van der Waals surface area contributed by atoms with Crippen LogP contribution in [0.4, 0.5) is 16.3 Å². The molecule has 4 aromatic rings. The minimum Gasteiger partial charge on any atom is -0.444 e. The van der Waals surface area contributed by atoms with Crippen molar-refractivity contribution in [3.63, 3.8) is 0 Å². The van der Waals surface area contributed by atoms with Crippen LogP contribution in [0.15, 0.2) is 71.0 Å². The van der Waals surface area contributed by atoms with Gasteiger partial charge in [-0.25, -0.2) is 4.79 Å². The summed E-state index contributed by atoms with van der Waals surface area (Å²) in [5, 5.41) is 22.9. The Kier molecular flexibility index (Phi) is 9.03. The largest absolute Gasteiger partial charge is 0.444 e. The van der Waals surface area contributed by atoms with E-state index in [2.05, 4.69) is 32.5 Å². The Hall–Kier alpha value is -5.38. The van der Waals surface area contributed by atoms with E-state index in [9.17, 15) is 14.9 Å². The zero-order valence-electron chi connectivity index (χ0n) is 25.7. The summed E-state index contributed by atoms with van der Waals surface area (Å²) >= 11 is 0.